The maximum absolute atomic E-state index is 12.5. The molecule has 1 aliphatic rings. The third-order valence-corrected chi connectivity index (χ3v) is 5.23. The topological polar surface area (TPSA) is 52.7 Å². The van der Waals surface area contributed by atoms with Gasteiger partial charge < -0.3 is 15.1 Å². The van der Waals surface area contributed by atoms with E-state index in [0.29, 0.717) is 43.3 Å². The number of carbonyl (C=O) groups is 2. The van der Waals surface area contributed by atoms with Gasteiger partial charge in [-0.25, -0.2) is 4.79 Å². The van der Waals surface area contributed by atoms with Gasteiger partial charge in [0.1, 0.15) is 0 Å². The van der Waals surface area contributed by atoms with Gasteiger partial charge in [0.15, 0.2) is 0 Å². The average Bonchev–Trinajstić information content (AvgIpc) is 2.66. The van der Waals surface area contributed by atoms with E-state index in [-0.39, 0.29) is 11.9 Å². The summed E-state index contributed by atoms with van der Waals surface area (Å²) in [4.78, 5) is 28.5. The lowest BCUT2D eigenvalue weighted by Gasteiger charge is -2.34. The van der Waals surface area contributed by atoms with E-state index in [9.17, 15) is 9.59 Å². The lowest BCUT2D eigenvalue weighted by atomic mass is 10.1. The number of halogens is 1. The van der Waals surface area contributed by atoms with Crippen molar-refractivity contribution in [2.45, 2.75) is 20.3 Å². The molecule has 2 aromatic carbocycles. The predicted molar refractivity (Wildman–Crippen MR) is 108 cm³/mol. The van der Waals surface area contributed by atoms with Crippen molar-refractivity contribution in [3.63, 3.8) is 0 Å². The molecule has 0 aromatic heterocycles. The van der Waals surface area contributed by atoms with Gasteiger partial charge >= 0.3 is 6.03 Å². The summed E-state index contributed by atoms with van der Waals surface area (Å²) in [7, 11) is 0. The van der Waals surface area contributed by atoms with Crippen LogP contribution < -0.4 is 5.32 Å². The van der Waals surface area contributed by atoms with Gasteiger partial charge in [0.05, 0.1) is 6.42 Å². The Morgan fingerprint density at radius 1 is 0.963 bits per heavy atom. The number of benzene rings is 2. The Bertz CT molecular complexity index is 828. The number of nitrogens with zero attached hydrogens (tertiary/aromatic N) is 2. The third kappa shape index (κ3) is 5.01. The zero-order chi connectivity index (χ0) is 19.4. The van der Waals surface area contributed by atoms with E-state index in [0.717, 1.165) is 11.1 Å². The summed E-state index contributed by atoms with van der Waals surface area (Å²) in [5.74, 6) is 0.101. The molecule has 1 N–H and O–H groups in total. The van der Waals surface area contributed by atoms with Gasteiger partial charge in [-0.15, -0.1) is 0 Å². The van der Waals surface area contributed by atoms with Gasteiger partial charge in [-0.2, -0.15) is 0 Å². The molecule has 5 nitrogen and oxygen atoms in total. The first-order valence-corrected chi connectivity index (χ1v) is 9.45. The van der Waals surface area contributed by atoms with Crippen LogP contribution in [0.5, 0.6) is 0 Å². The number of rotatable bonds is 3. The van der Waals surface area contributed by atoms with Crippen molar-refractivity contribution in [2.24, 2.45) is 0 Å². The number of piperazine rings is 1. The van der Waals surface area contributed by atoms with E-state index >= 15 is 0 Å². The van der Waals surface area contributed by atoms with Crippen molar-refractivity contribution in [3.05, 3.63) is 64.2 Å². The molecule has 0 aliphatic carbocycles. The van der Waals surface area contributed by atoms with Crippen LogP contribution in [0, 0.1) is 13.8 Å². The predicted octanol–water partition coefficient (Wildman–Crippen LogP) is 3.88. The molecule has 0 radical (unpaired) electrons. The van der Waals surface area contributed by atoms with Crippen LogP contribution in [0.25, 0.3) is 0 Å². The van der Waals surface area contributed by atoms with Crippen molar-refractivity contribution in [3.8, 4) is 0 Å². The largest absolute Gasteiger partial charge is 0.339 e. The van der Waals surface area contributed by atoms with Crippen molar-refractivity contribution in [1.29, 1.82) is 0 Å². The van der Waals surface area contributed by atoms with E-state index in [1.54, 1.807) is 11.0 Å². The fraction of sp³-hybridized carbons (Fsp3) is 0.333. The summed E-state index contributed by atoms with van der Waals surface area (Å²) in [6.45, 7) is 6.08. The molecule has 3 rings (SSSR count). The Morgan fingerprint density at radius 3 is 2.22 bits per heavy atom. The lowest BCUT2D eigenvalue weighted by Crippen LogP contribution is -2.52. The van der Waals surface area contributed by atoms with Crippen LogP contribution in [0.1, 0.15) is 16.7 Å². The summed E-state index contributed by atoms with van der Waals surface area (Å²) in [6.07, 6.45) is 0.397. The van der Waals surface area contributed by atoms with Crippen LogP contribution in [-0.4, -0.2) is 47.9 Å². The molecule has 27 heavy (non-hydrogen) atoms. The van der Waals surface area contributed by atoms with E-state index in [1.807, 2.05) is 55.1 Å². The van der Waals surface area contributed by atoms with Crippen LogP contribution in [0.3, 0.4) is 0 Å². The standard InChI is InChI=1S/C21H24ClN3O2/c1-15-3-6-17(7-4-15)13-20(26)24-9-11-25(12-10-24)21(27)23-18-8-5-16(2)19(22)14-18/h3-8,14H,9-13H2,1-2H3,(H,23,27). The highest BCUT2D eigenvalue weighted by molar-refractivity contribution is 6.31. The number of hydrogen-bond donors (Lipinski definition) is 1. The molecule has 2 aromatic rings. The summed E-state index contributed by atoms with van der Waals surface area (Å²) >= 11 is 6.10. The minimum absolute atomic E-state index is 0.101. The van der Waals surface area contributed by atoms with Gasteiger partial charge in [-0.3, -0.25) is 4.79 Å². The summed E-state index contributed by atoms with van der Waals surface area (Å²) in [6, 6.07) is 13.3. The van der Waals surface area contributed by atoms with E-state index in [4.69, 9.17) is 11.6 Å². The first-order chi connectivity index (χ1) is 12.9. The molecule has 0 unspecified atom stereocenters. The summed E-state index contributed by atoms with van der Waals surface area (Å²) in [5, 5.41) is 3.49. The number of amides is 3. The van der Waals surface area contributed by atoms with Gasteiger partial charge in [0.25, 0.3) is 0 Å². The number of aryl methyl sites for hydroxylation is 2. The van der Waals surface area contributed by atoms with Crippen molar-refractivity contribution in [2.75, 3.05) is 31.5 Å². The van der Waals surface area contributed by atoms with E-state index < -0.39 is 0 Å². The Labute approximate surface area is 164 Å². The van der Waals surface area contributed by atoms with Crippen molar-refractivity contribution < 1.29 is 9.59 Å². The van der Waals surface area contributed by atoms with E-state index in [1.165, 1.54) is 5.56 Å². The van der Waals surface area contributed by atoms with E-state index in [2.05, 4.69) is 5.32 Å². The van der Waals surface area contributed by atoms with Crippen LogP contribution in [0.15, 0.2) is 42.5 Å². The number of carbonyl (C=O) groups excluding carboxylic acids is 2. The molecule has 0 spiro atoms. The smallest absolute Gasteiger partial charge is 0.321 e. The van der Waals surface area contributed by atoms with Crippen LogP contribution in [-0.2, 0) is 11.2 Å². The zero-order valence-corrected chi connectivity index (χ0v) is 16.4. The monoisotopic (exact) mass is 385 g/mol. The molecule has 0 atom stereocenters. The maximum Gasteiger partial charge on any atom is 0.321 e. The highest BCUT2D eigenvalue weighted by Crippen LogP contribution is 2.20. The van der Waals surface area contributed by atoms with Gasteiger partial charge in [0.2, 0.25) is 5.91 Å². The SMILES string of the molecule is Cc1ccc(CC(=O)N2CCN(C(=O)Nc3ccc(C)c(Cl)c3)CC2)cc1. The fourth-order valence-electron chi connectivity index (χ4n) is 3.02. The first-order valence-electron chi connectivity index (χ1n) is 9.08. The Hall–Kier alpha value is -2.53. The maximum atomic E-state index is 12.5. The van der Waals surface area contributed by atoms with Gasteiger partial charge in [-0.05, 0) is 37.1 Å². The molecular weight excluding hydrogens is 362 g/mol. The van der Waals surface area contributed by atoms with Gasteiger partial charge in [0, 0.05) is 36.9 Å². The second kappa shape index (κ2) is 8.44. The molecule has 1 aliphatic heterocycles. The molecule has 1 fully saturated rings. The van der Waals surface area contributed by atoms with Crippen molar-refractivity contribution >= 4 is 29.2 Å². The first kappa shape index (κ1) is 19.2. The molecule has 142 valence electrons. The molecule has 0 bridgehead atoms. The zero-order valence-electron chi connectivity index (χ0n) is 15.7. The molecule has 1 saturated heterocycles. The number of anilines is 1. The van der Waals surface area contributed by atoms with Crippen LogP contribution in [0.4, 0.5) is 10.5 Å². The summed E-state index contributed by atoms with van der Waals surface area (Å²) < 4.78 is 0. The second-order valence-electron chi connectivity index (χ2n) is 6.92. The van der Waals surface area contributed by atoms with Gasteiger partial charge in [-0.1, -0.05) is 47.5 Å². The number of urea groups is 1. The fourth-order valence-corrected chi connectivity index (χ4v) is 3.20. The van der Waals surface area contributed by atoms with Crippen LogP contribution >= 0.6 is 11.6 Å². The molecule has 1 heterocycles. The Morgan fingerprint density at radius 2 is 1.59 bits per heavy atom. The highest BCUT2D eigenvalue weighted by atomic mass is 35.5. The highest BCUT2D eigenvalue weighted by Gasteiger charge is 2.24. The van der Waals surface area contributed by atoms with Crippen LogP contribution in [0.2, 0.25) is 5.02 Å². The Kier molecular flexibility index (Phi) is 6.01. The lowest BCUT2D eigenvalue weighted by molar-refractivity contribution is -0.131. The second-order valence-corrected chi connectivity index (χ2v) is 7.33. The summed E-state index contributed by atoms with van der Waals surface area (Å²) in [5.41, 5.74) is 3.84. The van der Waals surface area contributed by atoms with Crippen molar-refractivity contribution in [1.82, 2.24) is 9.80 Å². The average molecular weight is 386 g/mol. The molecule has 0 saturated carbocycles. The molecular formula is C21H24ClN3O2. The Balaban J connectivity index is 1.50. The number of hydrogen-bond acceptors (Lipinski definition) is 2. The number of nitrogens with one attached hydrogen (secondary N) is 1. The molecule has 6 heteroatoms. The minimum atomic E-state index is -0.166. The normalized spacial score (nSPS) is 14.2. The minimum Gasteiger partial charge on any atom is -0.339 e. The quantitative estimate of drug-likeness (QED) is 0.871. The molecule has 3 amide bonds. The third-order valence-electron chi connectivity index (χ3n) is 4.82.